The van der Waals surface area contributed by atoms with Gasteiger partial charge in [-0.25, -0.2) is 0 Å². The maximum absolute atomic E-state index is 12.6. The SMILES string of the molecule is CN1CCN(Cc2cccc(NC(=O)C3(N)CCCCC3)c2)CC1. The van der Waals surface area contributed by atoms with Crippen molar-refractivity contribution in [2.75, 3.05) is 38.5 Å². The van der Waals surface area contributed by atoms with E-state index in [1.807, 2.05) is 12.1 Å². The van der Waals surface area contributed by atoms with Crippen LogP contribution >= 0.6 is 0 Å². The highest BCUT2D eigenvalue weighted by Gasteiger charge is 2.35. The third-order valence-electron chi connectivity index (χ3n) is 5.38. The third kappa shape index (κ3) is 4.35. The average molecular weight is 330 g/mol. The number of likely N-dealkylation sites (N-methyl/N-ethyl adjacent to an activating group) is 1. The van der Waals surface area contributed by atoms with Crippen LogP contribution < -0.4 is 11.1 Å². The number of piperazine rings is 1. The van der Waals surface area contributed by atoms with Crippen LogP contribution in [-0.2, 0) is 11.3 Å². The summed E-state index contributed by atoms with van der Waals surface area (Å²) in [6, 6.07) is 8.19. The lowest BCUT2D eigenvalue weighted by Crippen LogP contribution is -2.52. The average Bonchev–Trinajstić information content (AvgIpc) is 2.58. The molecule has 3 N–H and O–H groups in total. The predicted molar refractivity (Wildman–Crippen MR) is 97.8 cm³/mol. The van der Waals surface area contributed by atoms with Gasteiger partial charge in [-0.2, -0.15) is 0 Å². The van der Waals surface area contributed by atoms with Gasteiger partial charge < -0.3 is 16.0 Å². The Labute approximate surface area is 145 Å². The Morgan fingerprint density at radius 2 is 1.88 bits per heavy atom. The molecule has 0 spiro atoms. The van der Waals surface area contributed by atoms with E-state index in [1.165, 1.54) is 12.0 Å². The summed E-state index contributed by atoms with van der Waals surface area (Å²) in [5.74, 6) is -0.0288. The highest BCUT2D eigenvalue weighted by Crippen LogP contribution is 2.27. The summed E-state index contributed by atoms with van der Waals surface area (Å²) in [5, 5.41) is 3.05. The van der Waals surface area contributed by atoms with E-state index in [2.05, 4.69) is 34.3 Å². The second-order valence-electron chi connectivity index (χ2n) is 7.45. The number of carbonyl (C=O) groups excluding carboxylic acids is 1. The van der Waals surface area contributed by atoms with Gasteiger partial charge in [0.2, 0.25) is 5.91 Å². The molecule has 2 fully saturated rings. The predicted octanol–water partition coefficient (Wildman–Crippen LogP) is 2.03. The Kier molecular flexibility index (Phi) is 5.54. The van der Waals surface area contributed by atoms with E-state index in [9.17, 15) is 4.79 Å². The maximum atomic E-state index is 12.6. The van der Waals surface area contributed by atoms with Gasteiger partial charge in [-0.05, 0) is 37.6 Å². The Morgan fingerprint density at radius 3 is 2.58 bits per heavy atom. The lowest BCUT2D eigenvalue weighted by atomic mass is 9.82. The Morgan fingerprint density at radius 1 is 1.17 bits per heavy atom. The number of rotatable bonds is 4. The summed E-state index contributed by atoms with van der Waals surface area (Å²) in [4.78, 5) is 17.4. The quantitative estimate of drug-likeness (QED) is 0.887. The van der Waals surface area contributed by atoms with Crippen molar-refractivity contribution >= 4 is 11.6 Å². The number of nitrogens with zero attached hydrogens (tertiary/aromatic N) is 2. The largest absolute Gasteiger partial charge is 0.324 e. The molecule has 0 bridgehead atoms. The van der Waals surface area contributed by atoms with Crippen molar-refractivity contribution in [2.45, 2.75) is 44.2 Å². The van der Waals surface area contributed by atoms with Gasteiger partial charge in [0.25, 0.3) is 0 Å². The Hall–Kier alpha value is -1.43. The molecule has 1 aliphatic heterocycles. The van der Waals surface area contributed by atoms with E-state index in [4.69, 9.17) is 5.73 Å². The molecule has 1 aromatic carbocycles. The molecule has 0 atom stereocenters. The number of carbonyl (C=O) groups is 1. The van der Waals surface area contributed by atoms with Gasteiger partial charge in [0.15, 0.2) is 0 Å². The topological polar surface area (TPSA) is 61.6 Å². The first-order chi connectivity index (χ1) is 11.5. The zero-order valence-electron chi connectivity index (χ0n) is 14.8. The molecule has 2 aliphatic rings. The molecule has 5 nitrogen and oxygen atoms in total. The minimum atomic E-state index is -0.689. The van der Waals surface area contributed by atoms with Gasteiger partial charge in [-0.1, -0.05) is 31.4 Å². The van der Waals surface area contributed by atoms with Crippen LogP contribution in [0, 0.1) is 0 Å². The summed E-state index contributed by atoms with van der Waals surface area (Å²) in [7, 11) is 2.17. The number of hydrogen-bond donors (Lipinski definition) is 2. The lowest BCUT2D eigenvalue weighted by molar-refractivity contribution is -0.122. The molecule has 24 heavy (non-hydrogen) atoms. The van der Waals surface area contributed by atoms with Crippen LogP contribution in [0.2, 0.25) is 0 Å². The van der Waals surface area contributed by atoms with Crippen molar-refractivity contribution in [3.63, 3.8) is 0 Å². The monoisotopic (exact) mass is 330 g/mol. The van der Waals surface area contributed by atoms with Gasteiger partial charge in [0.1, 0.15) is 0 Å². The van der Waals surface area contributed by atoms with Crippen LogP contribution in [0.4, 0.5) is 5.69 Å². The van der Waals surface area contributed by atoms with E-state index in [1.54, 1.807) is 0 Å². The van der Waals surface area contributed by atoms with Crippen molar-refractivity contribution in [3.8, 4) is 0 Å². The smallest absolute Gasteiger partial charge is 0.244 e. The number of hydrogen-bond acceptors (Lipinski definition) is 4. The molecule has 1 saturated carbocycles. The van der Waals surface area contributed by atoms with Crippen LogP contribution in [0.3, 0.4) is 0 Å². The van der Waals surface area contributed by atoms with E-state index >= 15 is 0 Å². The lowest BCUT2D eigenvalue weighted by Gasteiger charge is -2.33. The second kappa shape index (κ2) is 7.64. The van der Waals surface area contributed by atoms with Gasteiger partial charge in [-0.15, -0.1) is 0 Å². The maximum Gasteiger partial charge on any atom is 0.244 e. The van der Waals surface area contributed by atoms with Crippen LogP contribution in [0.15, 0.2) is 24.3 Å². The molecular weight excluding hydrogens is 300 g/mol. The van der Waals surface area contributed by atoms with Gasteiger partial charge in [0.05, 0.1) is 5.54 Å². The van der Waals surface area contributed by atoms with Gasteiger partial charge in [0, 0.05) is 38.4 Å². The fraction of sp³-hybridized carbons (Fsp3) is 0.632. The molecule has 3 rings (SSSR count). The molecule has 0 unspecified atom stereocenters. The molecule has 132 valence electrons. The Balaban J connectivity index is 1.59. The summed E-state index contributed by atoms with van der Waals surface area (Å²) < 4.78 is 0. The van der Waals surface area contributed by atoms with Crippen molar-refractivity contribution in [1.29, 1.82) is 0 Å². The first-order valence-corrected chi connectivity index (χ1v) is 9.15. The zero-order valence-corrected chi connectivity index (χ0v) is 14.8. The van der Waals surface area contributed by atoms with Gasteiger partial charge >= 0.3 is 0 Å². The standard InChI is InChI=1S/C19H30N4O/c1-22-10-12-23(13-11-22)15-16-6-5-7-17(14-16)21-18(24)19(20)8-3-2-4-9-19/h5-7,14H,2-4,8-13,15,20H2,1H3,(H,21,24). The third-order valence-corrected chi connectivity index (χ3v) is 5.38. The molecule has 1 amide bonds. The molecule has 5 heteroatoms. The molecule has 1 aromatic rings. The minimum absolute atomic E-state index is 0.0288. The summed E-state index contributed by atoms with van der Waals surface area (Å²) in [5.41, 5.74) is 7.74. The number of nitrogens with two attached hydrogens (primary N) is 1. The number of benzene rings is 1. The first-order valence-electron chi connectivity index (χ1n) is 9.15. The normalized spacial score (nSPS) is 22.2. The highest BCUT2D eigenvalue weighted by molar-refractivity contribution is 5.98. The molecule has 1 aliphatic carbocycles. The number of anilines is 1. The number of amides is 1. The summed E-state index contributed by atoms with van der Waals surface area (Å²) >= 11 is 0. The number of nitrogens with one attached hydrogen (secondary N) is 1. The summed E-state index contributed by atoms with van der Waals surface area (Å²) in [6.07, 6.45) is 4.87. The molecule has 1 heterocycles. The Bertz CT molecular complexity index is 560. The van der Waals surface area contributed by atoms with Crippen molar-refractivity contribution in [3.05, 3.63) is 29.8 Å². The van der Waals surface area contributed by atoms with Crippen LogP contribution in [-0.4, -0.2) is 54.5 Å². The molecule has 0 aromatic heterocycles. The van der Waals surface area contributed by atoms with Crippen LogP contribution in [0.25, 0.3) is 0 Å². The second-order valence-corrected chi connectivity index (χ2v) is 7.45. The fourth-order valence-corrected chi connectivity index (χ4v) is 3.68. The minimum Gasteiger partial charge on any atom is -0.324 e. The van der Waals surface area contributed by atoms with E-state index < -0.39 is 5.54 Å². The summed E-state index contributed by atoms with van der Waals surface area (Å²) in [6.45, 7) is 5.36. The first kappa shape index (κ1) is 17.4. The zero-order chi connectivity index (χ0) is 17.0. The van der Waals surface area contributed by atoms with Crippen LogP contribution in [0.1, 0.15) is 37.7 Å². The molecule has 1 saturated heterocycles. The van der Waals surface area contributed by atoms with Crippen molar-refractivity contribution in [1.82, 2.24) is 9.80 Å². The highest BCUT2D eigenvalue weighted by atomic mass is 16.2. The fourth-order valence-electron chi connectivity index (χ4n) is 3.68. The van der Waals surface area contributed by atoms with E-state index in [-0.39, 0.29) is 5.91 Å². The van der Waals surface area contributed by atoms with Gasteiger partial charge in [-0.3, -0.25) is 9.69 Å². The van der Waals surface area contributed by atoms with Crippen LogP contribution in [0.5, 0.6) is 0 Å². The van der Waals surface area contributed by atoms with Crippen molar-refractivity contribution < 1.29 is 4.79 Å². The molecule has 0 radical (unpaired) electrons. The van der Waals surface area contributed by atoms with Crippen molar-refractivity contribution in [2.24, 2.45) is 5.73 Å². The van der Waals surface area contributed by atoms with E-state index in [0.717, 1.165) is 64.1 Å². The molecular formula is C19H30N4O. The van der Waals surface area contributed by atoms with E-state index in [0.29, 0.717) is 0 Å².